The van der Waals surface area contributed by atoms with Crippen LogP contribution in [0.5, 0.6) is 0 Å². The third-order valence-corrected chi connectivity index (χ3v) is 6.80. The third-order valence-electron chi connectivity index (χ3n) is 4.31. The van der Waals surface area contributed by atoms with Crippen molar-refractivity contribution in [1.82, 2.24) is 0 Å². The summed E-state index contributed by atoms with van der Waals surface area (Å²) in [7, 11) is -4.01. The van der Waals surface area contributed by atoms with Crippen molar-refractivity contribution in [2.45, 2.75) is 16.1 Å². The smallest absolute Gasteiger partial charge is 0.326 e. The van der Waals surface area contributed by atoms with E-state index in [0.29, 0.717) is 10.6 Å². The Morgan fingerprint density at radius 3 is 2.21 bits per heavy atom. The molecule has 0 saturated heterocycles. The molecule has 3 atom stereocenters. The highest BCUT2D eigenvalue weighted by molar-refractivity contribution is 7.92. The number of aliphatic carboxylic acids is 1. The third kappa shape index (κ3) is 2.29. The molecule has 3 unspecified atom stereocenters. The Kier molecular flexibility index (Phi) is 3.86. The molecule has 1 aliphatic rings. The van der Waals surface area contributed by atoms with Gasteiger partial charge in [-0.15, -0.1) is 0 Å². The first kappa shape index (κ1) is 16.5. The van der Waals surface area contributed by atoms with Gasteiger partial charge in [0.05, 0.1) is 11.0 Å². The molecule has 122 valence electrons. The number of hydrogen-bond acceptors (Lipinski definition) is 4. The average Bonchev–Trinajstić information content (AvgIpc) is 3.28. The lowest BCUT2D eigenvalue weighted by Gasteiger charge is -2.05. The molecule has 1 fully saturated rings. The molecule has 1 N–H and O–H groups in total. The van der Waals surface area contributed by atoms with Crippen LogP contribution in [0.4, 0.5) is 0 Å². The van der Waals surface area contributed by atoms with Crippen molar-refractivity contribution < 1.29 is 18.3 Å². The highest BCUT2D eigenvalue weighted by atomic mass is 35.5. The molecule has 2 aromatic carbocycles. The van der Waals surface area contributed by atoms with E-state index in [-0.39, 0.29) is 4.90 Å². The molecule has 1 aliphatic carbocycles. The van der Waals surface area contributed by atoms with Crippen molar-refractivity contribution in [1.29, 1.82) is 5.26 Å². The van der Waals surface area contributed by atoms with E-state index in [2.05, 4.69) is 0 Å². The molecule has 0 heterocycles. The van der Waals surface area contributed by atoms with Crippen molar-refractivity contribution in [3.05, 3.63) is 65.2 Å². The van der Waals surface area contributed by atoms with Crippen LogP contribution < -0.4 is 0 Å². The van der Waals surface area contributed by atoms with Crippen LogP contribution in [0.2, 0.25) is 5.02 Å². The molecule has 5 nitrogen and oxygen atoms in total. The van der Waals surface area contributed by atoms with Crippen LogP contribution in [-0.4, -0.2) is 24.7 Å². The van der Waals surface area contributed by atoms with Gasteiger partial charge in [-0.2, -0.15) is 5.26 Å². The summed E-state index contributed by atoms with van der Waals surface area (Å²) in [6.45, 7) is 0. The van der Waals surface area contributed by atoms with E-state index in [1.165, 1.54) is 24.3 Å². The molecule has 0 radical (unpaired) electrons. The fourth-order valence-corrected chi connectivity index (χ4v) is 5.46. The molecule has 0 aliphatic heterocycles. The van der Waals surface area contributed by atoms with E-state index in [1.807, 2.05) is 0 Å². The molecule has 0 amide bonds. The van der Waals surface area contributed by atoms with E-state index in [0.717, 1.165) is 0 Å². The number of sulfone groups is 1. The van der Waals surface area contributed by atoms with Gasteiger partial charge in [-0.25, -0.2) is 8.42 Å². The predicted octanol–water partition coefficient (Wildman–Crippen LogP) is 2.87. The zero-order valence-corrected chi connectivity index (χ0v) is 13.8. The molecule has 0 aromatic heterocycles. The maximum absolute atomic E-state index is 12.9. The van der Waals surface area contributed by atoms with E-state index in [9.17, 15) is 23.6 Å². The molecule has 1 saturated carbocycles. The lowest BCUT2D eigenvalue weighted by Crippen LogP contribution is -2.22. The zero-order valence-electron chi connectivity index (χ0n) is 12.3. The lowest BCUT2D eigenvalue weighted by molar-refractivity contribution is -0.141. The number of nitrogens with zero attached hydrogens (tertiary/aromatic N) is 1. The van der Waals surface area contributed by atoms with E-state index >= 15 is 0 Å². The predicted molar refractivity (Wildman–Crippen MR) is 87.3 cm³/mol. The maximum atomic E-state index is 12.9. The quantitative estimate of drug-likeness (QED) is 0.903. The molecule has 2 aromatic rings. The molecular formula is C17H12ClNO4S. The Morgan fingerprint density at radius 1 is 1.12 bits per heavy atom. The number of carbonyl (C=O) groups is 1. The topological polar surface area (TPSA) is 95.2 Å². The van der Waals surface area contributed by atoms with Crippen molar-refractivity contribution >= 4 is 27.4 Å². The Bertz CT molecular complexity index is 935. The van der Waals surface area contributed by atoms with E-state index < -0.39 is 32.4 Å². The second kappa shape index (κ2) is 5.62. The lowest BCUT2D eigenvalue weighted by atomic mass is 10.0. The second-order valence-corrected chi connectivity index (χ2v) is 8.10. The first-order chi connectivity index (χ1) is 11.4. The first-order valence-corrected chi connectivity index (χ1v) is 8.97. The van der Waals surface area contributed by atoms with Crippen molar-refractivity contribution in [3.63, 3.8) is 0 Å². The van der Waals surface area contributed by atoms with Crippen LogP contribution in [0.3, 0.4) is 0 Å². The molecular weight excluding hydrogens is 350 g/mol. The number of halogens is 1. The maximum Gasteiger partial charge on any atom is 0.326 e. The fraction of sp³-hybridized carbons (Fsp3) is 0.176. The second-order valence-electron chi connectivity index (χ2n) is 5.59. The Morgan fingerprint density at radius 2 is 1.71 bits per heavy atom. The van der Waals surface area contributed by atoms with Crippen molar-refractivity contribution in [2.75, 3.05) is 0 Å². The Hall–Kier alpha value is -2.36. The average molecular weight is 362 g/mol. The standard InChI is InChI=1S/C17H12ClNO4S/c18-12-6-8-13(9-7-12)24(22,23)15-14(11-4-2-1-3-5-11)17(15,10-19)16(20)21/h1-9,14-15H,(H,20,21). The number of carboxylic acid groups (broad SMARTS) is 1. The summed E-state index contributed by atoms with van der Waals surface area (Å²) in [6, 6.07) is 15.6. The first-order valence-electron chi connectivity index (χ1n) is 7.04. The van der Waals surface area contributed by atoms with Gasteiger partial charge in [-0.1, -0.05) is 41.9 Å². The summed E-state index contributed by atoms with van der Waals surface area (Å²) in [6.07, 6.45) is 0. The minimum atomic E-state index is -4.01. The Balaban J connectivity index is 2.13. The van der Waals surface area contributed by atoms with Crippen LogP contribution in [0.15, 0.2) is 59.5 Å². The van der Waals surface area contributed by atoms with Crippen LogP contribution in [0, 0.1) is 16.7 Å². The van der Waals surface area contributed by atoms with Gasteiger partial charge in [0.15, 0.2) is 15.3 Å². The van der Waals surface area contributed by atoms with Crippen LogP contribution in [0.25, 0.3) is 0 Å². The summed E-state index contributed by atoms with van der Waals surface area (Å²) >= 11 is 5.77. The fourth-order valence-electron chi connectivity index (χ4n) is 3.08. The van der Waals surface area contributed by atoms with Gasteiger partial charge < -0.3 is 5.11 Å². The SMILES string of the molecule is N#CC1(C(=O)O)C(c2ccccc2)C1S(=O)(=O)c1ccc(Cl)cc1. The largest absolute Gasteiger partial charge is 0.480 e. The summed E-state index contributed by atoms with van der Waals surface area (Å²) in [4.78, 5) is 11.7. The van der Waals surface area contributed by atoms with Gasteiger partial charge in [-0.05, 0) is 29.8 Å². The van der Waals surface area contributed by atoms with Gasteiger partial charge in [0.25, 0.3) is 0 Å². The number of hydrogen-bond donors (Lipinski definition) is 1. The monoisotopic (exact) mass is 361 g/mol. The Labute approximate surface area is 144 Å². The van der Waals surface area contributed by atoms with E-state index in [4.69, 9.17) is 11.6 Å². The van der Waals surface area contributed by atoms with Crippen LogP contribution >= 0.6 is 11.6 Å². The van der Waals surface area contributed by atoms with Gasteiger partial charge in [0, 0.05) is 10.9 Å². The molecule has 0 bridgehead atoms. The zero-order chi connectivity index (χ0) is 17.5. The molecule has 24 heavy (non-hydrogen) atoms. The minimum Gasteiger partial charge on any atom is -0.480 e. The van der Waals surface area contributed by atoms with Gasteiger partial charge >= 0.3 is 5.97 Å². The van der Waals surface area contributed by atoms with Gasteiger partial charge in [0.1, 0.15) is 5.25 Å². The normalized spacial score (nSPS) is 25.7. The summed E-state index contributed by atoms with van der Waals surface area (Å²) in [5, 5.41) is 18.1. The van der Waals surface area contributed by atoms with Crippen molar-refractivity contribution in [2.24, 2.45) is 5.41 Å². The number of nitriles is 1. The van der Waals surface area contributed by atoms with Gasteiger partial charge in [-0.3, -0.25) is 4.79 Å². The molecule has 0 spiro atoms. The number of carboxylic acids is 1. The van der Waals surface area contributed by atoms with E-state index in [1.54, 1.807) is 36.4 Å². The summed E-state index contributed by atoms with van der Waals surface area (Å²) in [5.41, 5.74) is -1.47. The highest BCUT2D eigenvalue weighted by Gasteiger charge is 2.77. The van der Waals surface area contributed by atoms with Crippen LogP contribution in [-0.2, 0) is 14.6 Å². The molecule has 3 rings (SSSR count). The minimum absolute atomic E-state index is 0.0452. The highest BCUT2D eigenvalue weighted by Crippen LogP contribution is 2.63. The number of benzene rings is 2. The van der Waals surface area contributed by atoms with Crippen molar-refractivity contribution in [3.8, 4) is 6.07 Å². The summed E-state index contributed by atoms with van der Waals surface area (Å²) < 4.78 is 25.8. The number of rotatable bonds is 4. The van der Waals surface area contributed by atoms with Crippen LogP contribution in [0.1, 0.15) is 11.5 Å². The molecule has 7 heteroatoms. The summed E-state index contributed by atoms with van der Waals surface area (Å²) in [5.74, 6) is -2.34. The van der Waals surface area contributed by atoms with Gasteiger partial charge in [0.2, 0.25) is 0 Å².